The molecule has 3 aromatic rings. The standard InChI is InChI=1S/C22H18N4O2/c1-14-5-3-6-15(2)20(14)26-22(28)18-10-17(12-24-13-18)21(27)25-19-8-4-7-16(9-19)11-23/h3-10,12-13H,1-2H3,(H,25,27)(H,26,28). The van der Waals surface area contributed by atoms with Crippen molar-refractivity contribution >= 4 is 23.2 Å². The molecule has 0 aliphatic heterocycles. The summed E-state index contributed by atoms with van der Waals surface area (Å²) < 4.78 is 0. The number of para-hydroxylation sites is 1. The highest BCUT2D eigenvalue weighted by atomic mass is 16.2. The molecule has 0 fully saturated rings. The van der Waals surface area contributed by atoms with Gasteiger partial charge in [0.15, 0.2) is 0 Å². The molecule has 2 aromatic carbocycles. The van der Waals surface area contributed by atoms with Gasteiger partial charge in [-0.15, -0.1) is 0 Å². The molecule has 138 valence electrons. The van der Waals surface area contributed by atoms with Crippen LogP contribution in [-0.4, -0.2) is 16.8 Å². The first-order valence-electron chi connectivity index (χ1n) is 8.62. The molecule has 1 aromatic heterocycles. The first kappa shape index (κ1) is 18.8. The number of rotatable bonds is 4. The van der Waals surface area contributed by atoms with Crippen LogP contribution in [0.4, 0.5) is 11.4 Å². The number of benzene rings is 2. The number of hydrogen-bond acceptors (Lipinski definition) is 4. The summed E-state index contributed by atoms with van der Waals surface area (Å²) in [4.78, 5) is 29.1. The predicted octanol–water partition coefficient (Wildman–Crippen LogP) is 4.07. The zero-order valence-corrected chi connectivity index (χ0v) is 15.5. The third-order valence-electron chi connectivity index (χ3n) is 4.23. The molecule has 0 atom stereocenters. The fourth-order valence-corrected chi connectivity index (χ4v) is 2.76. The Bertz CT molecular complexity index is 1080. The molecule has 6 nitrogen and oxygen atoms in total. The van der Waals surface area contributed by atoms with Crippen molar-refractivity contribution in [2.45, 2.75) is 13.8 Å². The van der Waals surface area contributed by atoms with E-state index in [1.807, 2.05) is 38.1 Å². The predicted molar refractivity (Wildman–Crippen MR) is 107 cm³/mol. The van der Waals surface area contributed by atoms with Gasteiger partial charge >= 0.3 is 0 Å². The Morgan fingerprint density at radius 1 is 0.893 bits per heavy atom. The summed E-state index contributed by atoms with van der Waals surface area (Å²) in [6.07, 6.45) is 2.80. The Labute approximate surface area is 162 Å². The zero-order chi connectivity index (χ0) is 20.1. The summed E-state index contributed by atoms with van der Waals surface area (Å²) in [6, 6.07) is 15.9. The smallest absolute Gasteiger partial charge is 0.257 e. The molecule has 0 saturated heterocycles. The molecule has 0 bridgehead atoms. The van der Waals surface area contributed by atoms with Crippen molar-refractivity contribution in [3.63, 3.8) is 0 Å². The quantitative estimate of drug-likeness (QED) is 0.723. The van der Waals surface area contributed by atoms with Crippen LogP contribution in [0.5, 0.6) is 0 Å². The van der Waals surface area contributed by atoms with Gasteiger partial charge in [-0.1, -0.05) is 24.3 Å². The summed E-state index contributed by atoms with van der Waals surface area (Å²) in [5.74, 6) is -0.754. The lowest BCUT2D eigenvalue weighted by Gasteiger charge is -2.12. The number of amides is 2. The van der Waals surface area contributed by atoms with E-state index in [4.69, 9.17) is 5.26 Å². The third-order valence-corrected chi connectivity index (χ3v) is 4.23. The number of carbonyl (C=O) groups excluding carboxylic acids is 2. The van der Waals surface area contributed by atoms with Crippen LogP contribution in [0.2, 0.25) is 0 Å². The lowest BCUT2D eigenvalue weighted by molar-refractivity contribution is 0.102. The maximum absolute atomic E-state index is 12.6. The fraction of sp³-hybridized carbons (Fsp3) is 0.0909. The van der Waals surface area contributed by atoms with Gasteiger partial charge in [0.25, 0.3) is 11.8 Å². The second-order valence-corrected chi connectivity index (χ2v) is 6.33. The molecule has 0 radical (unpaired) electrons. The summed E-state index contributed by atoms with van der Waals surface area (Å²) in [6.45, 7) is 3.83. The van der Waals surface area contributed by atoms with Crippen molar-refractivity contribution in [3.8, 4) is 6.07 Å². The summed E-state index contributed by atoms with van der Waals surface area (Å²) >= 11 is 0. The van der Waals surface area contributed by atoms with Gasteiger partial charge < -0.3 is 10.6 Å². The molecule has 0 saturated carbocycles. The van der Waals surface area contributed by atoms with Gasteiger partial charge in [0.1, 0.15) is 0 Å². The van der Waals surface area contributed by atoms with Crippen molar-refractivity contribution < 1.29 is 9.59 Å². The second-order valence-electron chi connectivity index (χ2n) is 6.33. The van der Waals surface area contributed by atoms with Crippen molar-refractivity contribution in [2.75, 3.05) is 10.6 Å². The summed E-state index contributed by atoms with van der Waals surface area (Å²) in [5.41, 5.74) is 4.11. The Balaban J connectivity index is 1.78. The fourth-order valence-electron chi connectivity index (χ4n) is 2.76. The number of nitrogens with one attached hydrogen (secondary N) is 2. The minimum atomic E-state index is -0.413. The Kier molecular flexibility index (Phi) is 5.47. The number of anilines is 2. The van der Waals surface area contributed by atoms with Crippen molar-refractivity contribution in [3.05, 3.63) is 88.7 Å². The second kappa shape index (κ2) is 8.14. The minimum absolute atomic E-state index is 0.247. The highest BCUT2D eigenvalue weighted by Gasteiger charge is 2.14. The van der Waals surface area contributed by atoms with E-state index in [0.29, 0.717) is 11.3 Å². The molecule has 6 heteroatoms. The maximum Gasteiger partial charge on any atom is 0.257 e. The highest BCUT2D eigenvalue weighted by molar-refractivity contribution is 6.08. The molecule has 0 aliphatic carbocycles. The van der Waals surface area contributed by atoms with E-state index in [2.05, 4.69) is 15.6 Å². The van der Waals surface area contributed by atoms with Crippen LogP contribution in [0, 0.1) is 25.2 Å². The first-order chi connectivity index (χ1) is 13.5. The number of nitrogens with zero attached hydrogens (tertiary/aromatic N) is 2. The number of pyridine rings is 1. The van der Waals surface area contributed by atoms with Gasteiger partial charge in [-0.25, -0.2) is 0 Å². The van der Waals surface area contributed by atoms with Crippen LogP contribution in [0.1, 0.15) is 37.4 Å². The van der Waals surface area contributed by atoms with E-state index >= 15 is 0 Å². The monoisotopic (exact) mass is 370 g/mol. The van der Waals surface area contributed by atoms with E-state index in [1.54, 1.807) is 24.3 Å². The van der Waals surface area contributed by atoms with Gasteiger partial charge in [0.2, 0.25) is 0 Å². The Morgan fingerprint density at radius 2 is 1.50 bits per heavy atom. The van der Waals surface area contributed by atoms with Crippen LogP contribution in [-0.2, 0) is 0 Å². The molecule has 0 unspecified atom stereocenters. The molecule has 0 aliphatic rings. The van der Waals surface area contributed by atoms with Crippen LogP contribution in [0.25, 0.3) is 0 Å². The van der Waals surface area contributed by atoms with Crippen LogP contribution in [0.3, 0.4) is 0 Å². The number of aryl methyl sites for hydroxylation is 2. The summed E-state index contributed by atoms with van der Waals surface area (Å²) in [7, 11) is 0. The van der Waals surface area contributed by atoms with Crippen LogP contribution in [0.15, 0.2) is 60.9 Å². The SMILES string of the molecule is Cc1cccc(C)c1NC(=O)c1cncc(C(=O)Nc2cccc(C#N)c2)c1. The lowest BCUT2D eigenvalue weighted by atomic mass is 10.1. The summed E-state index contributed by atoms with van der Waals surface area (Å²) in [5, 5.41) is 14.5. The average Bonchev–Trinajstić information content (AvgIpc) is 2.71. The lowest BCUT2D eigenvalue weighted by Crippen LogP contribution is -2.17. The normalized spacial score (nSPS) is 10.0. The van der Waals surface area contributed by atoms with Gasteiger partial charge in [0.05, 0.1) is 22.8 Å². The minimum Gasteiger partial charge on any atom is -0.322 e. The van der Waals surface area contributed by atoms with E-state index in [9.17, 15) is 9.59 Å². The molecule has 0 spiro atoms. The van der Waals surface area contributed by atoms with E-state index in [1.165, 1.54) is 18.5 Å². The Morgan fingerprint density at radius 3 is 2.14 bits per heavy atom. The molecule has 2 N–H and O–H groups in total. The molecule has 2 amide bonds. The van der Waals surface area contributed by atoms with Crippen LogP contribution >= 0.6 is 0 Å². The van der Waals surface area contributed by atoms with E-state index < -0.39 is 5.91 Å². The van der Waals surface area contributed by atoms with Crippen molar-refractivity contribution in [2.24, 2.45) is 0 Å². The van der Waals surface area contributed by atoms with Crippen LogP contribution < -0.4 is 10.6 Å². The zero-order valence-electron chi connectivity index (χ0n) is 15.5. The molecule has 28 heavy (non-hydrogen) atoms. The molecule has 1 heterocycles. The van der Waals surface area contributed by atoms with Crippen molar-refractivity contribution in [1.82, 2.24) is 4.98 Å². The van der Waals surface area contributed by atoms with Gasteiger partial charge in [-0.05, 0) is 49.2 Å². The molecular weight excluding hydrogens is 352 g/mol. The molecular formula is C22H18N4O2. The largest absolute Gasteiger partial charge is 0.322 e. The number of carbonyl (C=O) groups is 2. The average molecular weight is 370 g/mol. The topological polar surface area (TPSA) is 94.9 Å². The van der Waals surface area contributed by atoms with E-state index in [-0.39, 0.29) is 17.0 Å². The third kappa shape index (κ3) is 4.22. The first-order valence-corrected chi connectivity index (χ1v) is 8.62. The Hall–Kier alpha value is -3.98. The van der Waals surface area contributed by atoms with Crippen molar-refractivity contribution in [1.29, 1.82) is 5.26 Å². The highest BCUT2D eigenvalue weighted by Crippen LogP contribution is 2.20. The number of hydrogen-bond donors (Lipinski definition) is 2. The van der Waals surface area contributed by atoms with E-state index in [0.717, 1.165) is 16.8 Å². The molecule has 3 rings (SSSR count). The maximum atomic E-state index is 12.6. The van der Waals surface area contributed by atoms with Gasteiger partial charge in [0, 0.05) is 23.8 Å². The number of aromatic nitrogens is 1. The van der Waals surface area contributed by atoms with Gasteiger partial charge in [-0.2, -0.15) is 5.26 Å². The van der Waals surface area contributed by atoms with Gasteiger partial charge in [-0.3, -0.25) is 14.6 Å². The number of nitriles is 1.